The minimum Gasteiger partial charge on any atom is -0.309 e. The van der Waals surface area contributed by atoms with Gasteiger partial charge in [-0.15, -0.1) is 0 Å². The molecule has 1 amide bonds. The number of halogens is 1. The first-order chi connectivity index (χ1) is 12.5. The van der Waals surface area contributed by atoms with Crippen molar-refractivity contribution in [2.45, 2.75) is 19.9 Å². The summed E-state index contributed by atoms with van der Waals surface area (Å²) in [6, 6.07) is 7.34. The number of anilines is 1. The van der Waals surface area contributed by atoms with E-state index in [9.17, 15) is 4.79 Å². The Bertz CT molecular complexity index is 904. The monoisotopic (exact) mass is 391 g/mol. The van der Waals surface area contributed by atoms with Gasteiger partial charge in [-0.1, -0.05) is 22.9 Å². The Morgan fingerprint density at radius 2 is 2.08 bits per heavy atom. The lowest BCUT2D eigenvalue weighted by molar-refractivity contribution is 0.0980. The molecule has 0 radical (unpaired) electrons. The van der Waals surface area contributed by atoms with Crippen molar-refractivity contribution in [3.63, 3.8) is 0 Å². The summed E-state index contributed by atoms with van der Waals surface area (Å²) in [6.45, 7) is 4.20. The van der Waals surface area contributed by atoms with E-state index >= 15 is 0 Å². The average Bonchev–Trinajstić information content (AvgIpc) is 3.24. The lowest BCUT2D eigenvalue weighted by Gasteiger charge is -2.20. The fourth-order valence-electron chi connectivity index (χ4n) is 2.62. The highest BCUT2D eigenvalue weighted by Gasteiger charge is 2.23. The summed E-state index contributed by atoms with van der Waals surface area (Å²) in [5.41, 5.74) is 1.29. The number of carbonyl (C=O) groups is 1. The third-order valence-corrected chi connectivity index (χ3v) is 5.26. The number of fused-ring (bicyclic) bond motifs is 1. The number of benzene rings is 1. The maximum absolute atomic E-state index is 13.1. The molecule has 6 nitrogen and oxygen atoms in total. The number of thiazole rings is 1. The van der Waals surface area contributed by atoms with Crippen molar-refractivity contribution in [1.82, 2.24) is 19.7 Å². The Labute approximate surface area is 162 Å². The van der Waals surface area contributed by atoms with Gasteiger partial charge in [0, 0.05) is 24.3 Å². The van der Waals surface area contributed by atoms with Gasteiger partial charge in [-0.3, -0.25) is 14.4 Å². The summed E-state index contributed by atoms with van der Waals surface area (Å²) in [5.74, 6) is -0.124. The van der Waals surface area contributed by atoms with Crippen molar-refractivity contribution in [3.8, 4) is 0 Å². The molecule has 3 aromatic rings. The fourth-order valence-corrected chi connectivity index (χ4v) is 3.89. The van der Waals surface area contributed by atoms with Crippen LogP contribution in [0.3, 0.4) is 0 Å². The van der Waals surface area contributed by atoms with E-state index in [1.165, 1.54) is 11.3 Å². The van der Waals surface area contributed by atoms with E-state index in [0.717, 1.165) is 29.7 Å². The van der Waals surface area contributed by atoms with E-state index in [0.29, 0.717) is 22.4 Å². The predicted molar refractivity (Wildman–Crippen MR) is 107 cm³/mol. The van der Waals surface area contributed by atoms with Gasteiger partial charge >= 0.3 is 0 Å². The van der Waals surface area contributed by atoms with E-state index in [2.05, 4.69) is 15.0 Å². The van der Waals surface area contributed by atoms with Crippen LogP contribution in [0.15, 0.2) is 30.5 Å². The number of amides is 1. The topological polar surface area (TPSA) is 54.3 Å². The third kappa shape index (κ3) is 4.23. The third-order valence-electron chi connectivity index (χ3n) is 3.99. The van der Waals surface area contributed by atoms with E-state index in [1.807, 2.05) is 45.4 Å². The van der Waals surface area contributed by atoms with Gasteiger partial charge in [-0.2, -0.15) is 5.10 Å². The van der Waals surface area contributed by atoms with Crippen LogP contribution in [0.4, 0.5) is 5.13 Å². The van der Waals surface area contributed by atoms with Crippen molar-refractivity contribution in [3.05, 3.63) is 41.2 Å². The minimum atomic E-state index is -0.124. The average molecular weight is 392 g/mol. The second-order valence-corrected chi connectivity index (χ2v) is 7.72. The first-order valence-corrected chi connectivity index (χ1v) is 9.73. The molecule has 0 saturated heterocycles. The summed E-state index contributed by atoms with van der Waals surface area (Å²) >= 11 is 7.56. The number of aromatic nitrogens is 3. The van der Waals surface area contributed by atoms with Crippen LogP contribution in [-0.4, -0.2) is 52.8 Å². The molecule has 2 aromatic heterocycles. The zero-order valence-corrected chi connectivity index (χ0v) is 16.7. The van der Waals surface area contributed by atoms with Crippen LogP contribution in [0.1, 0.15) is 23.8 Å². The number of nitrogens with zero attached hydrogens (tertiary/aromatic N) is 5. The largest absolute Gasteiger partial charge is 0.309 e. The summed E-state index contributed by atoms with van der Waals surface area (Å²) in [5, 5.41) is 5.70. The number of carbonyl (C=O) groups excluding carboxylic acids is 1. The standard InChI is InChI=1S/C18H22ClN5OS/c1-4-23-11-8-15(21-23)17(25)24(10-5-9-22(2)3)18-20-14-7-6-13(19)12-16(14)26-18/h6-8,11-12H,4-5,9-10H2,1-3H3. The zero-order chi connectivity index (χ0) is 18.7. The molecule has 2 heterocycles. The molecule has 0 N–H and O–H groups in total. The van der Waals surface area contributed by atoms with Crippen molar-refractivity contribution in [2.24, 2.45) is 0 Å². The summed E-state index contributed by atoms with van der Waals surface area (Å²) in [4.78, 5) is 21.5. The number of rotatable bonds is 7. The van der Waals surface area contributed by atoms with Crippen molar-refractivity contribution in [2.75, 3.05) is 32.1 Å². The molecule has 0 spiro atoms. The van der Waals surface area contributed by atoms with Crippen molar-refractivity contribution >= 4 is 44.2 Å². The van der Waals surface area contributed by atoms with Gasteiger partial charge < -0.3 is 4.90 Å². The van der Waals surface area contributed by atoms with E-state index in [1.54, 1.807) is 15.6 Å². The Kier molecular flexibility index (Phi) is 5.90. The van der Waals surface area contributed by atoms with Gasteiger partial charge in [0.25, 0.3) is 5.91 Å². The molecule has 0 saturated carbocycles. The Morgan fingerprint density at radius 1 is 1.27 bits per heavy atom. The maximum atomic E-state index is 13.1. The van der Waals surface area contributed by atoms with Crippen molar-refractivity contribution in [1.29, 1.82) is 0 Å². The lowest BCUT2D eigenvalue weighted by Crippen LogP contribution is -2.33. The predicted octanol–water partition coefficient (Wildman–Crippen LogP) is 3.76. The lowest BCUT2D eigenvalue weighted by atomic mass is 10.3. The van der Waals surface area contributed by atoms with Gasteiger partial charge in [-0.05, 0) is 58.3 Å². The van der Waals surface area contributed by atoms with E-state index in [4.69, 9.17) is 11.6 Å². The molecule has 3 rings (SSSR count). The number of aryl methyl sites for hydroxylation is 1. The SMILES string of the molecule is CCn1ccc(C(=O)N(CCCN(C)C)c2nc3ccc(Cl)cc3s2)n1. The maximum Gasteiger partial charge on any atom is 0.280 e. The molecule has 0 aliphatic heterocycles. The second-order valence-electron chi connectivity index (χ2n) is 6.28. The molecule has 1 aromatic carbocycles. The van der Waals surface area contributed by atoms with Crippen LogP contribution in [-0.2, 0) is 6.54 Å². The highest BCUT2D eigenvalue weighted by Crippen LogP contribution is 2.31. The van der Waals surface area contributed by atoms with Gasteiger partial charge in [0.15, 0.2) is 10.8 Å². The minimum absolute atomic E-state index is 0.124. The summed E-state index contributed by atoms with van der Waals surface area (Å²) < 4.78 is 2.72. The molecule has 0 unspecified atom stereocenters. The second kappa shape index (κ2) is 8.16. The van der Waals surface area contributed by atoms with Gasteiger partial charge in [0.2, 0.25) is 0 Å². The first-order valence-electron chi connectivity index (χ1n) is 8.54. The molecule has 0 bridgehead atoms. The van der Waals surface area contributed by atoms with Crippen LogP contribution >= 0.6 is 22.9 Å². The molecule has 0 atom stereocenters. The fraction of sp³-hybridized carbons (Fsp3) is 0.389. The smallest absolute Gasteiger partial charge is 0.280 e. The van der Waals surface area contributed by atoms with Crippen LogP contribution in [0, 0.1) is 0 Å². The van der Waals surface area contributed by atoms with Crippen LogP contribution in [0.5, 0.6) is 0 Å². The first kappa shape index (κ1) is 18.8. The summed E-state index contributed by atoms with van der Waals surface area (Å²) in [7, 11) is 4.05. The zero-order valence-electron chi connectivity index (χ0n) is 15.1. The number of hydrogen-bond donors (Lipinski definition) is 0. The molecule has 0 aliphatic rings. The number of hydrogen-bond acceptors (Lipinski definition) is 5. The van der Waals surface area contributed by atoms with Gasteiger partial charge in [0.05, 0.1) is 10.2 Å². The molecule has 138 valence electrons. The highest BCUT2D eigenvalue weighted by molar-refractivity contribution is 7.22. The Morgan fingerprint density at radius 3 is 2.77 bits per heavy atom. The van der Waals surface area contributed by atoms with Crippen LogP contribution < -0.4 is 4.90 Å². The van der Waals surface area contributed by atoms with Gasteiger partial charge in [-0.25, -0.2) is 4.98 Å². The van der Waals surface area contributed by atoms with Crippen LogP contribution in [0.2, 0.25) is 5.02 Å². The normalized spacial score (nSPS) is 11.4. The highest BCUT2D eigenvalue weighted by atomic mass is 35.5. The molecule has 0 aliphatic carbocycles. The quantitative estimate of drug-likeness (QED) is 0.615. The van der Waals surface area contributed by atoms with Gasteiger partial charge in [0.1, 0.15) is 0 Å². The molecular formula is C18H22ClN5OS. The Balaban J connectivity index is 1.91. The summed E-state index contributed by atoms with van der Waals surface area (Å²) in [6.07, 6.45) is 2.67. The van der Waals surface area contributed by atoms with E-state index < -0.39 is 0 Å². The molecule has 8 heteroatoms. The van der Waals surface area contributed by atoms with Crippen LogP contribution in [0.25, 0.3) is 10.2 Å². The Hall–Kier alpha value is -1.96. The molecule has 26 heavy (non-hydrogen) atoms. The molecule has 0 fully saturated rings. The van der Waals surface area contributed by atoms with E-state index in [-0.39, 0.29) is 5.91 Å². The molecular weight excluding hydrogens is 370 g/mol. The van der Waals surface area contributed by atoms with Crippen molar-refractivity contribution < 1.29 is 4.79 Å².